The van der Waals surface area contributed by atoms with Crippen LogP contribution in [0.5, 0.6) is 6.01 Å². The molecule has 1 heterocycles. The molecule has 108 valence electrons. The van der Waals surface area contributed by atoms with E-state index in [-0.39, 0.29) is 0 Å². The highest BCUT2D eigenvalue weighted by molar-refractivity contribution is 5.38. The molecule has 0 saturated carbocycles. The lowest BCUT2D eigenvalue weighted by Crippen LogP contribution is -2.33. The zero-order valence-corrected chi connectivity index (χ0v) is 12.5. The van der Waals surface area contributed by atoms with Gasteiger partial charge in [-0.25, -0.2) is 0 Å². The minimum absolute atomic E-state index is 0.334. The second-order valence-electron chi connectivity index (χ2n) is 4.49. The third-order valence-electron chi connectivity index (χ3n) is 2.60. The molecule has 1 aromatic rings. The SMILES string of the molecule is CCCN(CCN(C)C)c1nc(NC)nc(OC)n1. The molecule has 0 saturated heterocycles. The molecule has 1 N–H and O–H groups in total. The van der Waals surface area contributed by atoms with E-state index in [1.165, 1.54) is 0 Å². The topological polar surface area (TPSA) is 66.4 Å². The number of anilines is 2. The molecule has 0 aliphatic rings. The molecule has 0 atom stereocenters. The van der Waals surface area contributed by atoms with Crippen molar-refractivity contribution < 1.29 is 4.74 Å². The second kappa shape index (κ2) is 7.73. The zero-order chi connectivity index (χ0) is 14.3. The predicted octanol–water partition coefficient (Wildman–Crippen LogP) is 0.700. The molecule has 0 aliphatic heterocycles. The largest absolute Gasteiger partial charge is 0.467 e. The van der Waals surface area contributed by atoms with E-state index in [9.17, 15) is 0 Å². The molecular weight excluding hydrogens is 244 g/mol. The summed E-state index contributed by atoms with van der Waals surface area (Å²) < 4.78 is 5.11. The standard InChI is InChI=1S/C12H24N6O/c1-6-7-18(9-8-17(3)4)11-14-10(13-2)15-12(16-11)19-5/h6-9H2,1-5H3,(H,13,14,15,16). The van der Waals surface area contributed by atoms with Crippen molar-refractivity contribution in [2.24, 2.45) is 0 Å². The summed E-state index contributed by atoms with van der Waals surface area (Å²) in [4.78, 5) is 17.1. The molecule has 7 nitrogen and oxygen atoms in total. The average molecular weight is 268 g/mol. The summed E-state index contributed by atoms with van der Waals surface area (Å²) in [6.07, 6.45) is 1.04. The van der Waals surface area contributed by atoms with Crippen LogP contribution in [0.4, 0.5) is 11.9 Å². The van der Waals surface area contributed by atoms with Crippen molar-refractivity contribution in [3.8, 4) is 6.01 Å². The van der Waals surface area contributed by atoms with Gasteiger partial charge >= 0.3 is 6.01 Å². The molecule has 0 fully saturated rings. The van der Waals surface area contributed by atoms with E-state index >= 15 is 0 Å². The van der Waals surface area contributed by atoms with Crippen LogP contribution in [-0.2, 0) is 0 Å². The van der Waals surface area contributed by atoms with Crippen molar-refractivity contribution >= 4 is 11.9 Å². The number of aromatic nitrogens is 3. The van der Waals surface area contributed by atoms with Crippen molar-refractivity contribution in [1.82, 2.24) is 19.9 Å². The molecule has 1 rings (SSSR count). The Kier molecular flexibility index (Phi) is 6.27. The van der Waals surface area contributed by atoms with Crippen LogP contribution in [-0.4, -0.2) is 67.7 Å². The van der Waals surface area contributed by atoms with Crippen LogP contribution in [0.15, 0.2) is 0 Å². The Morgan fingerprint density at radius 2 is 1.84 bits per heavy atom. The van der Waals surface area contributed by atoms with E-state index in [4.69, 9.17) is 4.74 Å². The summed E-state index contributed by atoms with van der Waals surface area (Å²) in [5, 5.41) is 2.92. The van der Waals surface area contributed by atoms with Crippen LogP contribution in [0.2, 0.25) is 0 Å². The van der Waals surface area contributed by atoms with Crippen LogP contribution >= 0.6 is 0 Å². The van der Waals surface area contributed by atoms with Crippen LogP contribution in [0.1, 0.15) is 13.3 Å². The van der Waals surface area contributed by atoms with Gasteiger partial charge in [-0.1, -0.05) is 6.92 Å². The van der Waals surface area contributed by atoms with Crippen LogP contribution in [0.3, 0.4) is 0 Å². The van der Waals surface area contributed by atoms with Gasteiger partial charge in [-0.3, -0.25) is 0 Å². The molecule has 0 amide bonds. The number of nitrogens with one attached hydrogen (secondary N) is 1. The predicted molar refractivity (Wildman–Crippen MR) is 77.0 cm³/mol. The van der Waals surface area contributed by atoms with Gasteiger partial charge in [0, 0.05) is 26.7 Å². The first-order chi connectivity index (χ1) is 9.10. The first-order valence-electron chi connectivity index (χ1n) is 6.48. The molecule has 7 heteroatoms. The fourth-order valence-corrected chi connectivity index (χ4v) is 1.59. The number of hydrogen-bond donors (Lipinski definition) is 1. The maximum atomic E-state index is 5.11. The lowest BCUT2D eigenvalue weighted by atomic mass is 10.4. The minimum Gasteiger partial charge on any atom is -0.467 e. The van der Waals surface area contributed by atoms with Crippen LogP contribution < -0.4 is 15.0 Å². The van der Waals surface area contributed by atoms with Gasteiger partial charge in [0.2, 0.25) is 11.9 Å². The molecule has 0 radical (unpaired) electrons. The Bertz CT molecular complexity index is 362. The number of ether oxygens (including phenoxy) is 1. The van der Waals surface area contributed by atoms with Gasteiger partial charge in [-0.15, -0.1) is 0 Å². The maximum absolute atomic E-state index is 5.11. The van der Waals surface area contributed by atoms with E-state index < -0.39 is 0 Å². The Labute approximate surface area is 115 Å². The third-order valence-corrected chi connectivity index (χ3v) is 2.60. The van der Waals surface area contributed by atoms with Crippen molar-refractivity contribution in [3.63, 3.8) is 0 Å². The summed E-state index contributed by atoms with van der Waals surface area (Å²) in [5.74, 6) is 1.17. The number of hydrogen-bond acceptors (Lipinski definition) is 7. The molecule has 0 aromatic carbocycles. The van der Waals surface area contributed by atoms with Crippen molar-refractivity contribution in [1.29, 1.82) is 0 Å². The van der Waals surface area contributed by atoms with Gasteiger partial charge in [0.15, 0.2) is 0 Å². The first-order valence-corrected chi connectivity index (χ1v) is 6.48. The molecule has 0 aliphatic carbocycles. The summed E-state index contributed by atoms with van der Waals surface area (Å²) >= 11 is 0. The fourth-order valence-electron chi connectivity index (χ4n) is 1.59. The smallest absolute Gasteiger partial charge is 0.322 e. The molecule has 0 spiro atoms. The Balaban J connectivity index is 2.92. The monoisotopic (exact) mass is 268 g/mol. The first kappa shape index (κ1) is 15.4. The van der Waals surface area contributed by atoms with Crippen molar-refractivity contribution in [2.75, 3.05) is 58.1 Å². The molecule has 0 unspecified atom stereocenters. The Hall–Kier alpha value is -1.63. The van der Waals surface area contributed by atoms with Crippen molar-refractivity contribution in [2.45, 2.75) is 13.3 Å². The second-order valence-corrected chi connectivity index (χ2v) is 4.49. The van der Waals surface area contributed by atoms with E-state index in [1.54, 1.807) is 14.2 Å². The molecule has 19 heavy (non-hydrogen) atoms. The number of nitrogens with zero attached hydrogens (tertiary/aromatic N) is 5. The van der Waals surface area contributed by atoms with Gasteiger partial charge in [-0.2, -0.15) is 15.0 Å². The Morgan fingerprint density at radius 3 is 2.37 bits per heavy atom. The maximum Gasteiger partial charge on any atom is 0.322 e. The number of rotatable bonds is 8. The normalized spacial score (nSPS) is 10.6. The van der Waals surface area contributed by atoms with Crippen LogP contribution in [0, 0.1) is 0 Å². The lowest BCUT2D eigenvalue weighted by Gasteiger charge is -2.24. The van der Waals surface area contributed by atoms with E-state index in [0.717, 1.165) is 26.1 Å². The number of likely N-dealkylation sites (N-methyl/N-ethyl adjacent to an activating group) is 1. The molecule has 0 bridgehead atoms. The number of methoxy groups -OCH3 is 1. The van der Waals surface area contributed by atoms with Gasteiger partial charge < -0.3 is 19.9 Å². The van der Waals surface area contributed by atoms with E-state index in [0.29, 0.717) is 17.9 Å². The quantitative estimate of drug-likeness (QED) is 0.744. The highest BCUT2D eigenvalue weighted by Crippen LogP contribution is 2.14. The molecule has 1 aromatic heterocycles. The third kappa shape index (κ3) is 4.86. The van der Waals surface area contributed by atoms with E-state index in [1.807, 2.05) is 0 Å². The summed E-state index contributed by atoms with van der Waals surface area (Å²) in [6.45, 7) is 4.87. The minimum atomic E-state index is 0.334. The summed E-state index contributed by atoms with van der Waals surface area (Å²) in [7, 11) is 7.44. The fraction of sp³-hybridized carbons (Fsp3) is 0.750. The van der Waals surface area contributed by atoms with Gasteiger partial charge in [0.25, 0.3) is 0 Å². The highest BCUT2D eigenvalue weighted by Gasteiger charge is 2.13. The average Bonchev–Trinajstić information content (AvgIpc) is 2.42. The van der Waals surface area contributed by atoms with Crippen LogP contribution in [0.25, 0.3) is 0 Å². The lowest BCUT2D eigenvalue weighted by molar-refractivity contribution is 0.377. The van der Waals surface area contributed by atoms with Crippen molar-refractivity contribution in [3.05, 3.63) is 0 Å². The summed E-state index contributed by atoms with van der Waals surface area (Å²) in [6, 6.07) is 0.334. The Morgan fingerprint density at radius 1 is 1.11 bits per heavy atom. The highest BCUT2D eigenvalue weighted by atomic mass is 16.5. The van der Waals surface area contributed by atoms with Gasteiger partial charge in [-0.05, 0) is 20.5 Å². The van der Waals surface area contributed by atoms with Gasteiger partial charge in [0.1, 0.15) is 0 Å². The van der Waals surface area contributed by atoms with Gasteiger partial charge in [0.05, 0.1) is 7.11 Å². The molecular formula is C12H24N6O. The zero-order valence-electron chi connectivity index (χ0n) is 12.5. The summed E-state index contributed by atoms with van der Waals surface area (Å²) in [5.41, 5.74) is 0. The van der Waals surface area contributed by atoms with E-state index in [2.05, 4.69) is 51.1 Å².